The maximum Gasteiger partial charge on any atom is 0.410 e. The van der Waals surface area contributed by atoms with E-state index in [0.29, 0.717) is 19.1 Å². The van der Waals surface area contributed by atoms with Crippen LogP contribution in [-0.4, -0.2) is 56.3 Å². The Morgan fingerprint density at radius 3 is 3.04 bits per heavy atom. The summed E-state index contributed by atoms with van der Waals surface area (Å²) in [6, 6.07) is 0.645. The van der Waals surface area contributed by atoms with Crippen molar-refractivity contribution in [3.8, 4) is 0 Å². The number of imidazole rings is 1. The molecule has 8 heteroatoms. The Morgan fingerprint density at radius 2 is 2.24 bits per heavy atom. The molecule has 1 aliphatic heterocycles. The Kier molecular flexibility index (Phi) is 4.25. The van der Waals surface area contributed by atoms with E-state index in [1.807, 2.05) is 6.33 Å². The molecule has 1 aliphatic carbocycles. The lowest BCUT2D eigenvalue weighted by Gasteiger charge is -2.32. The number of rotatable bonds is 5. The number of aromatic nitrogens is 4. The van der Waals surface area contributed by atoms with E-state index in [1.54, 1.807) is 17.3 Å². The molecule has 2 aromatic rings. The molecule has 2 aromatic heterocycles. The highest BCUT2D eigenvalue weighted by atomic mass is 16.6. The molecule has 1 atom stereocenters. The molecule has 1 saturated carbocycles. The lowest BCUT2D eigenvalue weighted by molar-refractivity contribution is 0.102. The van der Waals surface area contributed by atoms with Gasteiger partial charge in [-0.25, -0.2) is 19.7 Å². The summed E-state index contributed by atoms with van der Waals surface area (Å²) in [5.41, 5.74) is 1.67. The van der Waals surface area contributed by atoms with Crippen LogP contribution < -0.4 is 5.32 Å². The summed E-state index contributed by atoms with van der Waals surface area (Å²) in [6.45, 7) is 5.10. The van der Waals surface area contributed by atoms with E-state index in [1.165, 1.54) is 12.8 Å². The van der Waals surface area contributed by atoms with Gasteiger partial charge in [-0.15, -0.1) is 0 Å². The van der Waals surface area contributed by atoms with Gasteiger partial charge in [0.1, 0.15) is 18.5 Å². The molecule has 4 rings (SSSR count). The molecule has 25 heavy (non-hydrogen) atoms. The van der Waals surface area contributed by atoms with E-state index in [2.05, 4.69) is 31.4 Å². The first-order valence-electron chi connectivity index (χ1n) is 8.73. The van der Waals surface area contributed by atoms with Crippen LogP contribution in [0.4, 0.5) is 10.6 Å². The van der Waals surface area contributed by atoms with Gasteiger partial charge in [0.2, 0.25) is 0 Å². The van der Waals surface area contributed by atoms with Crippen molar-refractivity contribution in [2.45, 2.75) is 37.8 Å². The maximum atomic E-state index is 12.0. The summed E-state index contributed by atoms with van der Waals surface area (Å²) < 4.78 is 7.26. The number of likely N-dealkylation sites (tertiary alicyclic amines) is 1. The highest BCUT2D eigenvalue weighted by Crippen LogP contribution is 2.37. The van der Waals surface area contributed by atoms with Crippen LogP contribution in [0.3, 0.4) is 0 Å². The molecule has 8 nitrogen and oxygen atoms in total. The van der Waals surface area contributed by atoms with Crippen molar-refractivity contribution in [1.82, 2.24) is 24.4 Å². The predicted octanol–water partition coefficient (Wildman–Crippen LogP) is 2.36. The van der Waals surface area contributed by atoms with Gasteiger partial charge < -0.3 is 19.5 Å². The normalized spacial score (nSPS) is 20.5. The third kappa shape index (κ3) is 3.29. The van der Waals surface area contributed by atoms with Gasteiger partial charge in [-0.05, 0) is 25.7 Å². The van der Waals surface area contributed by atoms with Gasteiger partial charge in [-0.2, -0.15) is 0 Å². The van der Waals surface area contributed by atoms with Gasteiger partial charge in [0.15, 0.2) is 11.5 Å². The van der Waals surface area contributed by atoms with Crippen molar-refractivity contribution >= 4 is 23.1 Å². The molecule has 1 amide bonds. The van der Waals surface area contributed by atoms with Gasteiger partial charge >= 0.3 is 6.09 Å². The first-order chi connectivity index (χ1) is 12.3. The van der Waals surface area contributed by atoms with Crippen molar-refractivity contribution in [1.29, 1.82) is 0 Å². The van der Waals surface area contributed by atoms with E-state index in [9.17, 15) is 4.79 Å². The monoisotopic (exact) mass is 342 g/mol. The number of carbonyl (C=O) groups excluding carboxylic acids is 1. The smallest absolute Gasteiger partial charge is 0.410 e. The molecule has 0 spiro atoms. The predicted molar refractivity (Wildman–Crippen MR) is 93.4 cm³/mol. The largest absolute Gasteiger partial charge is 0.445 e. The summed E-state index contributed by atoms with van der Waals surface area (Å²) in [5.74, 6) is 0.732. The Balaban J connectivity index is 1.47. The molecule has 0 bridgehead atoms. The van der Waals surface area contributed by atoms with Crippen LogP contribution in [0, 0.1) is 0 Å². The van der Waals surface area contributed by atoms with Crippen LogP contribution in [0.2, 0.25) is 0 Å². The molecule has 1 saturated heterocycles. The van der Waals surface area contributed by atoms with Crippen LogP contribution in [0.25, 0.3) is 11.2 Å². The van der Waals surface area contributed by atoms with Crippen molar-refractivity contribution < 1.29 is 9.53 Å². The summed E-state index contributed by atoms with van der Waals surface area (Å²) in [5, 5.41) is 3.44. The van der Waals surface area contributed by atoms with E-state index in [4.69, 9.17) is 4.74 Å². The minimum atomic E-state index is -0.294. The molecule has 1 unspecified atom stereocenters. The van der Waals surface area contributed by atoms with Crippen LogP contribution in [0.15, 0.2) is 25.3 Å². The van der Waals surface area contributed by atoms with Crippen LogP contribution in [-0.2, 0) is 4.74 Å². The van der Waals surface area contributed by atoms with Crippen LogP contribution in [0.1, 0.15) is 31.7 Å². The van der Waals surface area contributed by atoms with Crippen molar-refractivity contribution in [3.63, 3.8) is 0 Å². The number of ether oxygens (including phenoxy) is 1. The van der Waals surface area contributed by atoms with Gasteiger partial charge in [-0.1, -0.05) is 12.7 Å². The second-order valence-electron chi connectivity index (χ2n) is 6.57. The van der Waals surface area contributed by atoms with Gasteiger partial charge in [0.05, 0.1) is 6.33 Å². The van der Waals surface area contributed by atoms with Crippen LogP contribution in [0.5, 0.6) is 0 Å². The third-order valence-corrected chi connectivity index (χ3v) is 4.64. The van der Waals surface area contributed by atoms with Crippen molar-refractivity contribution in [2.75, 3.05) is 25.0 Å². The van der Waals surface area contributed by atoms with E-state index in [0.717, 1.165) is 29.8 Å². The van der Waals surface area contributed by atoms with Gasteiger partial charge in [-0.3, -0.25) is 0 Å². The summed E-state index contributed by atoms with van der Waals surface area (Å²) in [7, 11) is 0. The Hall–Kier alpha value is -2.64. The number of nitrogens with zero attached hydrogens (tertiary/aromatic N) is 5. The standard InChI is InChI=1S/C17H22N6O2/c1-2-8-25-17(24)22-7-3-4-12(9-22)21-15-14-16(19-10-18-15)23(11-20-14)13-5-6-13/h2,10-13H,1,3-9H2,(H,18,19,21). The fourth-order valence-electron chi connectivity index (χ4n) is 3.25. The number of amides is 1. The fourth-order valence-corrected chi connectivity index (χ4v) is 3.25. The Labute approximate surface area is 145 Å². The molecule has 0 radical (unpaired) electrons. The van der Waals surface area contributed by atoms with Crippen molar-refractivity contribution in [2.24, 2.45) is 0 Å². The van der Waals surface area contributed by atoms with E-state index in [-0.39, 0.29) is 18.7 Å². The number of nitrogens with one attached hydrogen (secondary N) is 1. The number of piperidine rings is 1. The number of carbonyl (C=O) groups is 1. The molecule has 132 valence electrons. The van der Waals surface area contributed by atoms with E-state index >= 15 is 0 Å². The second-order valence-corrected chi connectivity index (χ2v) is 6.57. The number of fused-ring (bicyclic) bond motifs is 1. The first kappa shape index (κ1) is 15.9. The Bertz CT molecular complexity index is 785. The average Bonchev–Trinajstić information content (AvgIpc) is 3.39. The fraction of sp³-hybridized carbons (Fsp3) is 0.529. The topological polar surface area (TPSA) is 85.2 Å². The molecule has 2 aliphatic rings. The quantitative estimate of drug-likeness (QED) is 0.840. The molecule has 2 fully saturated rings. The minimum absolute atomic E-state index is 0.120. The summed E-state index contributed by atoms with van der Waals surface area (Å²) in [6.07, 6.45) is 8.96. The molecule has 1 N–H and O–H groups in total. The zero-order valence-electron chi connectivity index (χ0n) is 14.1. The van der Waals surface area contributed by atoms with Crippen molar-refractivity contribution in [3.05, 3.63) is 25.3 Å². The lowest BCUT2D eigenvalue weighted by Crippen LogP contribution is -2.45. The lowest BCUT2D eigenvalue weighted by atomic mass is 10.1. The number of hydrogen-bond acceptors (Lipinski definition) is 6. The third-order valence-electron chi connectivity index (χ3n) is 4.64. The molecule has 3 heterocycles. The molecular formula is C17H22N6O2. The maximum absolute atomic E-state index is 12.0. The summed E-state index contributed by atoms with van der Waals surface area (Å²) >= 11 is 0. The zero-order chi connectivity index (χ0) is 17.2. The number of anilines is 1. The second kappa shape index (κ2) is 6.70. The zero-order valence-corrected chi connectivity index (χ0v) is 14.1. The van der Waals surface area contributed by atoms with Gasteiger partial charge in [0, 0.05) is 25.2 Å². The summed E-state index contributed by atoms with van der Waals surface area (Å²) in [4.78, 5) is 27.0. The van der Waals surface area contributed by atoms with Crippen LogP contribution >= 0.6 is 0 Å². The number of hydrogen-bond donors (Lipinski definition) is 1. The average molecular weight is 342 g/mol. The highest BCUT2D eigenvalue weighted by Gasteiger charge is 2.28. The first-order valence-corrected chi connectivity index (χ1v) is 8.73. The Morgan fingerprint density at radius 1 is 1.36 bits per heavy atom. The molecule has 0 aromatic carbocycles. The van der Waals surface area contributed by atoms with E-state index < -0.39 is 0 Å². The van der Waals surface area contributed by atoms with Gasteiger partial charge in [0.25, 0.3) is 0 Å². The molecular weight excluding hydrogens is 320 g/mol. The minimum Gasteiger partial charge on any atom is -0.445 e. The highest BCUT2D eigenvalue weighted by molar-refractivity contribution is 5.83. The SMILES string of the molecule is C=CCOC(=O)N1CCCC(Nc2ncnc3c2ncn3C2CC2)C1.